The summed E-state index contributed by atoms with van der Waals surface area (Å²) in [6.07, 6.45) is 0.879. The highest BCUT2D eigenvalue weighted by molar-refractivity contribution is 7.51. The molecule has 0 aliphatic carbocycles. The standard InChI is InChI=1S/C13H23N6O6P/c1-2-15-10-11(17-13(14)18-12(10)22)16-4-6-19(5-3-9(20)21)7-8-26(23,24)25/h2H,3-8H2,1H3,(H,20,21)(H2,23,24,25)(H4,14,16,17,18,22). The number of rotatable bonds is 11. The van der Waals surface area contributed by atoms with Gasteiger partial charge in [-0.3, -0.25) is 24.1 Å². The van der Waals surface area contributed by atoms with E-state index in [4.69, 9.17) is 20.6 Å². The average molecular weight is 390 g/mol. The topological polar surface area (TPSA) is 194 Å². The van der Waals surface area contributed by atoms with Gasteiger partial charge in [-0.2, -0.15) is 4.98 Å². The Labute approximate surface area is 149 Å². The number of hydrogen-bond acceptors (Lipinski definition) is 8. The lowest BCUT2D eigenvalue weighted by atomic mass is 10.3. The molecule has 0 amide bonds. The van der Waals surface area contributed by atoms with Crippen LogP contribution in [0.5, 0.6) is 0 Å². The molecular formula is C13H23N6O6P. The van der Waals surface area contributed by atoms with Gasteiger partial charge in [0.1, 0.15) is 0 Å². The summed E-state index contributed by atoms with van der Waals surface area (Å²) in [7, 11) is -4.19. The maximum absolute atomic E-state index is 11.8. The zero-order valence-electron chi connectivity index (χ0n) is 14.3. The Morgan fingerprint density at radius 1 is 1.42 bits per heavy atom. The lowest BCUT2D eigenvalue weighted by Crippen LogP contribution is -2.33. The van der Waals surface area contributed by atoms with E-state index < -0.39 is 19.1 Å². The molecule has 0 aromatic carbocycles. The highest BCUT2D eigenvalue weighted by Gasteiger charge is 2.17. The summed E-state index contributed by atoms with van der Waals surface area (Å²) < 4.78 is 11.0. The summed E-state index contributed by atoms with van der Waals surface area (Å²) in [5.74, 6) is -0.933. The molecule has 0 atom stereocenters. The molecule has 7 N–H and O–H groups in total. The number of aliphatic carboxylic acids is 1. The van der Waals surface area contributed by atoms with E-state index in [1.165, 1.54) is 6.21 Å². The van der Waals surface area contributed by atoms with Crippen LogP contribution in [0.25, 0.3) is 0 Å². The Balaban J connectivity index is 2.75. The third-order valence-corrected chi connectivity index (χ3v) is 4.02. The normalized spacial score (nSPS) is 12.0. The Bertz CT molecular complexity index is 745. The summed E-state index contributed by atoms with van der Waals surface area (Å²) >= 11 is 0. The van der Waals surface area contributed by atoms with Crippen LogP contribution in [-0.4, -0.2) is 74.3 Å². The van der Waals surface area contributed by atoms with Crippen LogP contribution < -0.4 is 16.6 Å². The van der Waals surface area contributed by atoms with Gasteiger partial charge in [-0.05, 0) is 6.92 Å². The van der Waals surface area contributed by atoms with E-state index in [9.17, 15) is 14.2 Å². The number of anilines is 2. The van der Waals surface area contributed by atoms with Gasteiger partial charge in [-0.1, -0.05) is 0 Å². The predicted molar refractivity (Wildman–Crippen MR) is 97.2 cm³/mol. The molecule has 1 rings (SSSR count). The number of H-pyrrole nitrogens is 1. The number of nitrogens with one attached hydrogen (secondary N) is 2. The fourth-order valence-electron chi connectivity index (χ4n) is 2.05. The molecule has 1 aromatic rings. The van der Waals surface area contributed by atoms with Gasteiger partial charge in [-0.15, -0.1) is 0 Å². The van der Waals surface area contributed by atoms with E-state index in [0.29, 0.717) is 0 Å². The first-order valence-corrected chi connectivity index (χ1v) is 9.53. The SMILES string of the molecule is CC=Nc1c(NCCN(CCC(=O)O)CCP(=O)(O)O)nc(N)[nH]c1=O. The first-order chi connectivity index (χ1) is 12.1. The molecule has 0 aliphatic rings. The molecule has 1 heterocycles. The molecule has 146 valence electrons. The zero-order chi connectivity index (χ0) is 19.7. The van der Waals surface area contributed by atoms with Gasteiger partial charge in [0.05, 0.1) is 12.6 Å². The van der Waals surface area contributed by atoms with Gasteiger partial charge in [0, 0.05) is 32.4 Å². The largest absolute Gasteiger partial charge is 0.481 e. The highest BCUT2D eigenvalue weighted by Crippen LogP contribution is 2.33. The van der Waals surface area contributed by atoms with Gasteiger partial charge in [0.2, 0.25) is 5.95 Å². The monoisotopic (exact) mass is 390 g/mol. The van der Waals surface area contributed by atoms with Crippen molar-refractivity contribution in [2.45, 2.75) is 13.3 Å². The molecule has 1 aromatic heterocycles. The summed E-state index contributed by atoms with van der Waals surface area (Å²) in [4.78, 5) is 52.3. The molecule has 0 bridgehead atoms. The van der Waals surface area contributed by atoms with Crippen LogP contribution in [0.2, 0.25) is 0 Å². The van der Waals surface area contributed by atoms with Gasteiger partial charge in [0.15, 0.2) is 11.5 Å². The molecule has 26 heavy (non-hydrogen) atoms. The minimum atomic E-state index is -4.19. The van der Waals surface area contributed by atoms with E-state index in [-0.39, 0.29) is 56.2 Å². The molecule has 0 aliphatic heterocycles. The number of nitrogens with zero attached hydrogens (tertiary/aromatic N) is 3. The summed E-state index contributed by atoms with van der Waals surface area (Å²) in [5.41, 5.74) is 5.05. The van der Waals surface area contributed by atoms with Crippen LogP contribution in [0.3, 0.4) is 0 Å². The molecule has 0 fully saturated rings. The minimum absolute atomic E-state index is 0.0319. The van der Waals surface area contributed by atoms with Crippen LogP contribution in [-0.2, 0) is 9.36 Å². The molecule has 13 heteroatoms. The second-order valence-electron chi connectivity index (χ2n) is 5.34. The summed E-state index contributed by atoms with van der Waals surface area (Å²) in [5, 5.41) is 11.7. The Hall–Kier alpha value is -2.27. The predicted octanol–water partition coefficient (Wildman–Crippen LogP) is -0.559. The van der Waals surface area contributed by atoms with Gasteiger partial charge < -0.3 is 30.8 Å². The van der Waals surface area contributed by atoms with Crippen molar-refractivity contribution in [1.82, 2.24) is 14.9 Å². The van der Waals surface area contributed by atoms with E-state index in [2.05, 4.69) is 20.3 Å². The Kier molecular flexibility index (Phi) is 8.39. The third-order valence-electron chi connectivity index (χ3n) is 3.24. The lowest BCUT2D eigenvalue weighted by Gasteiger charge is -2.22. The van der Waals surface area contributed by atoms with Crippen molar-refractivity contribution >= 4 is 37.2 Å². The molecule has 0 saturated carbocycles. The molecule has 0 saturated heterocycles. The van der Waals surface area contributed by atoms with Gasteiger partial charge >= 0.3 is 13.6 Å². The number of aromatic amines is 1. The molecule has 0 unspecified atom stereocenters. The van der Waals surface area contributed by atoms with Crippen LogP contribution in [0.4, 0.5) is 17.5 Å². The third kappa shape index (κ3) is 8.21. The zero-order valence-corrected chi connectivity index (χ0v) is 15.1. The van der Waals surface area contributed by atoms with Crippen LogP contribution in [0.1, 0.15) is 13.3 Å². The number of aromatic nitrogens is 2. The number of nitrogen functional groups attached to an aromatic ring is 1. The minimum Gasteiger partial charge on any atom is -0.481 e. The number of carboxylic acid groups (broad SMARTS) is 1. The van der Waals surface area contributed by atoms with Crippen LogP contribution in [0, 0.1) is 0 Å². The number of aliphatic imine (C=N–C) groups is 1. The average Bonchev–Trinajstić information content (AvgIpc) is 2.51. The second-order valence-corrected chi connectivity index (χ2v) is 7.11. The van der Waals surface area contributed by atoms with Crippen LogP contribution in [0.15, 0.2) is 9.79 Å². The van der Waals surface area contributed by atoms with Gasteiger partial charge in [-0.25, -0.2) is 0 Å². The maximum Gasteiger partial charge on any atom is 0.326 e. The van der Waals surface area contributed by atoms with E-state index in [0.717, 1.165) is 0 Å². The first kappa shape index (κ1) is 21.8. The van der Waals surface area contributed by atoms with Crippen molar-refractivity contribution in [1.29, 1.82) is 0 Å². The van der Waals surface area contributed by atoms with E-state index in [1.54, 1.807) is 11.8 Å². The lowest BCUT2D eigenvalue weighted by molar-refractivity contribution is -0.137. The smallest absolute Gasteiger partial charge is 0.326 e. The number of nitrogens with two attached hydrogens (primary N) is 1. The van der Waals surface area contributed by atoms with Crippen LogP contribution >= 0.6 is 7.60 Å². The Morgan fingerprint density at radius 3 is 2.69 bits per heavy atom. The summed E-state index contributed by atoms with van der Waals surface area (Å²) in [6.45, 7) is 2.31. The fraction of sp³-hybridized carbons (Fsp3) is 0.538. The molecule has 0 spiro atoms. The number of carbonyl (C=O) groups is 1. The van der Waals surface area contributed by atoms with Crippen molar-refractivity contribution < 1.29 is 24.3 Å². The quantitative estimate of drug-likeness (QED) is 0.210. The van der Waals surface area contributed by atoms with Crippen molar-refractivity contribution in [2.24, 2.45) is 4.99 Å². The first-order valence-electron chi connectivity index (χ1n) is 7.73. The van der Waals surface area contributed by atoms with Crippen molar-refractivity contribution in [2.75, 3.05) is 43.4 Å². The van der Waals surface area contributed by atoms with Gasteiger partial charge in [0.25, 0.3) is 5.56 Å². The Morgan fingerprint density at radius 2 is 2.12 bits per heavy atom. The van der Waals surface area contributed by atoms with Crippen molar-refractivity contribution in [3.63, 3.8) is 0 Å². The molecule has 12 nitrogen and oxygen atoms in total. The molecular weight excluding hydrogens is 367 g/mol. The highest BCUT2D eigenvalue weighted by atomic mass is 31.2. The molecule has 0 radical (unpaired) electrons. The van der Waals surface area contributed by atoms with E-state index in [1.807, 2.05) is 0 Å². The number of carboxylic acids is 1. The van der Waals surface area contributed by atoms with Crippen molar-refractivity contribution in [3.8, 4) is 0 Å². The fourth-order valence-corrected chi connectivity index (χ4v) is 2.59. The summed E-state index contributed by atoms with van der Waals surface area (Å²) in [6, 6.07) is 0. The number of hydrogen-bond donors (Lipinski definition) is 6. The maximum atomic E-state index is 11.8. The second kappa shape index (κ2) is 10.0. The van der Waals surface area contributed by atoms with Crippen molar-refractivity contribution in [3.05, 3.63) is 10.4 Å². The van der Waals surface area contributed by atoms with E-state index >= 15 is 0 Å².